The smallest absolute Gasteiger partial charge is 0.338 e. The molecule has 2 rings (SSSR count). The Morgan fingerprint density at radius 3 is 2.60 bits per heavy atom. The second-order valence-corrected chi connectivity index (χ2v) is 6.06. The molecule has 20 heavy (non-hydrogen) atoms. The SMILES string of the molecule is CCOC(=O)c1cc(Br)cc(CN2CCN(C)CC2)c1. The molecular formula is C15H21BrN2O2. The van der Waals surface area contributed by atoms with E-state index < -0.39 is 0 Å². The molecule has 4 nitrogen and oxygen atoms in total. The molecule has 0 radical (unpaired) electrons. The molecule has 0 bridgehead atoms. The van der Waals surface area contributed by atoms with Crippen molar-refractivity contribution in [3.8, 4) is 0 Å². The lowest BCUT2D eigenvalue weighted by molar-refractivity contribution is 0.0526. The van der Waals surface area contributed by atoms with Crippen molar-refractivity contribution in [3.63, 3.8) is 0 Å². The fourth-order valence-electron chi connectivity index (χ4n) is 2.34. The van der Waals surface area contributed by atoms with Crippen LogP contribution in [0, 0.1) is 0 Å². The highest BCUT2D eigenvalue weighted by Crippen LogP contribution is 2.18. The van der Waals surface area contributed by atoms with E-state index in [-0.39, 0.29) is 5.97 Å². The van der Waals surface area contributed by atoms with Crippen LogP contribution >= 0.6 is 15.9 Å². The van der Waals surface area contributed by atoms with E-state index in [0.717, 1.165) is 42.8 Å². The molecule has 110 valence electrons. The van der Waals surface area contributed by atoms with Crippen molar-refractivity contribution in [3.05, 3.63) is 33.8 Å². The molecule has 1 aromatic rings. The second kappa shape index (κ2) is 7.20. The van der Waals surface area contributed by atoms with Gasteiger partial charge >= 0.3 is 5.97 Å². The van der Waals surface area contributed by atoms with E-state index >= 15 is 0 Å². The molecule has 1 fully saturated rings. The maximum absolute atomic E-state index is 11.8. The molecule has 1 heterocycles. The average Bonchev–Trinajstić information content (AvgIpc) is 2.41. The van der Waals surface area contributed by atoms with Crippen LogP contribution in [-0.4, -0.2) is 55.6 Å². The van der Waals surface area contributed by atoms with Crippen molar-refractivity contribution < 1.29 is 9.53 Å². The third kappa shape index (κ3) is 4.30. The molecule has 0 saturated carbocycles. The molecule has 0 N–H and O–H groups in total. The van der Waals surface area contributed by atoms with Gasteiger partial charge in [-0.1, -0.05) is 15.9 Å². The summed E-state index contributed by atoms with van der Waals surface area (Å²) in [5, 5.41) is 0. The summed E-state index contributed by atoms with van der Waals surface area (Å²) in [5.74, 6) is -0.256. The van der Waals surface area contributed by atoms with Crippen LogP contribution in [0.2, 0.25) is 0 Å². The highest BCUT2D eigenvalue weighted by Gasteiger charge is 2.15. The van der Waals surface area contributed by atoms with Gasteiger partial charge in [-0.2, -0.15) is 0 Å². The molecule has 1 aromatic carbocycles. The highest BCUT2D eigenvalue weighted by atomic mass is 79.9. The lowest BCUT2D eigenvalue weighted by Gasteiger charge is -2.32. The first-order valence-electron chi connectivity index (χ1n) is 6.96. The van der Waals surface area contributed by atoms with Crippen molar-refractivity contribution in [2.75, 3.05) is 39.8 Å². The number of carbonyl (C=O) groups is 1. The molecule has 1 aliphatic heterocycles. The topological polar surface area (TPSA) is 32.8 Å². The summed E-state index contributed by atoms with van der Waals surface area (Å²) in [7, 11) is 2.15. The number of hydrogen-bond donors (Lipinski definition) is 0. The first kappa shape index (κ1) is 15.5. The van der Waals surface area contributed by atoms with Gasteiger partial charge in [-0.3, -0.25) is 4.90 Å². The number of halogens is 1. The first-order valence-corrected chi connectivity index (χ1v) is 7.75. The van der Waals surface area contributed by atoms with Crippen molar-refractivity contribution in [2.45, 2.75) is 13.5 Å². The molecule has 0 unspecified atom stereocenters. The molecule has 0 atom stereocenters. The number of nitrogens with zero attached hydrogens (tertiary/aromatic N) is 2. The largest absolute Gasteiger partial charge is 0.462 e. The number of benzene rings is 1. The Bertz CT molecular complexity index is 471. The second-order valence-electron chi connectivity index (χ2n) is 5.15. The number of carbonyl (C=O) groups excluding carboxylic acids is 1. The van der Waals surface area contributed by atoms with Gasteiger partial charge in [0.15, 0.2) is 0 Å². The van der Waals surface area contributed by atoms with Gasteiger partial charge in [0, 0.05) is 37.2 Å². The normalized spacial score (nSPS) is 17.1. The maximum atomic E-state index is 11.8. The minimum Gasteiger partial charge on any atom is -0.462 e. The number of rotatable bonds is 4. The molecule has 1 saturated heterocycles. The Kier molecular flexibility index (Phi) is 5.57. The van der Waals surface area contributed by atoms with E-state index in [1.807, 2.05) is 19.1 Å². The summed E-state index contributed by atoms with van der Waals surface area (Å²) in [5.41, 5.74) is 1.76. The van der Waals surface area contributed by atoms with Crippen LogP contribution in [0.25, 0.3) is 0 Å². The Balaban J connectivity index is 2.06. The van der Waals surface area contributed by atoms with Gasteiger partial charge in [0.1, 0.15) is 0 Å². The Labute approximate surface area is 128 Å². The summed E-state index contributed by atoms with van der Waals surface area (Å²) in [6.45, 7) is 7.42. The van der Waals surface area contributed by atoms with E-state index in [9.17, 15) is 4.79 Å². The fourth-order valence-corrected chi connectivity index (χ4v) is 2.88. The zero-order valence-electron chi connectivity index (χ0n) is 12.1. The molecule has 0 aliphatic carbocycles. The van der Waals surface area contributed by atoms with Crippen molar-refractivity contribution in [1.82, 2.24) is 9.80 Å². The van der Waals surface area contributed by atoms with Gasteiger partial charge in [-0.15, -0.1) is 0 Å². The lowest BCUT2D eigenvalue weighted by atomic mass is 10.1. The molecule has 5 heteroatoms. The standard InChI is InChI=1S/C15H21BrN2O2/c1-3-20-15(19)13-8-12(9-14(16)10-13)11-18-6-4-17(2)5-7-18/h8-10H,3-7,11H2,1-2H3. The van der Waals surface area contributed by atoms with Gasteiger partial charge in [0.05, 0.1) is 12.2 Å². The molecular weight excluding hydrogens is 320 g/mol. The van der Waals surface area contributed by atoms with Gasteiger partial charge in [-0.25, -0.2) is 4.79 Å². The van der Waals surface area contributed by atoms with Crippen molar-refractivity contribution in [1.29, 1.82) is 0 Å². The highest BCUT2D eigenvalue weighted by molar-refractivity contribution is 9.10. The van der Waals surface area contributed by atoms with Crippen LogP contribution in [0.3, 0.4) is 0 Å². The Hall–Kier alpha value is -0.910. The third-order valence-corrected chi connectivity index (χ3v) is 3.93. The van der Waals surface area contributed by atoms with Crippen molar-refractivity contribution >= 4 is 21.9 Å². The molecule has 0 amide bonds. The van der Waals surface area contributed by atoms with E-state index in [1.54, 1.807) is 0 Å². The van der Waals surface area contributed by atoms with E-state index in [2.05, 4.69) is 38.8 Å². The van der Waals surface area contributed by atoms with Crippen molar-refractivity contribution in [2.24, 2.45) is 0 Å². The van der Waals surface area contributed by atoms with Gasteiger partial charge in [0.25, 0.3) is 0 Å². The van der Waals surface area contributed by atoms with Crippen LogP contribution in [0.5, 0.6) is 0 Å². The van der Waals surface area contributed by atoms with Gasteiger partial charge < -0.3 is 9.64 Å². The zero-order valence-corrected chi connectivity index (χ0v) is 13.6. The summed E-state index contributed by atoms with van der Waals surface area (Å²) in [6.07, 6.45) is 0. The first-order chi connectivity index (χ1) is 9.58. The lowest BCUT2D eigenvalue weighted by Crippen LogP contribution is -2.43. The molecule has 0 spiro atoms. The van der Waals surface area contributed by atoms with Gasteiger partial charge in [0.2, 0.25) is 0 Å². The minimum atomic E-state index is -0.256. The van der Waals surface area contributed by atoms with Crippen LogP contribution in [-0.2, 0) is 11.3 Å². The van der Waals surface area contributed by atoms with Crippen LogP contribution in [0.4, 0.5) is 0 Å². The maximum Gasteiger partial charge on any atom is 0.338 e. The number of esters is 1. The Morgan fingerprint density at radius 2 is 1.95 bits per heavy atom. The van der Waals surface area contributed by atoms with Gasteiger partial charge in [-0.05, 0) is 37.7 Å². The summed E-state index contributed by atoms with van der Waals surface area (Å²) in [4.78, 5) is 16.6. The number of piperazine rings is 1. The molecule has 1 aliphatic rings. The van der Waals surface area contributed by atoms with Crippen LogP contribution < -0.4 is 0 Å². The van der Waals surface area contributed by atoms with E-state index in [4.69, 9.17) is 4.74 Å². The summed E-state index contributed by atoms with van der Waals surface area (Å²) < 4.78 is 5.99. The monoisotopic (exact) mass is 340 g/mol. The van der Waals surface area contributed by atoms with Crippen LogP contribution in [0.1, 0.15) is 22.8 Å². The summed E-state index contributed by atoms with van der Waals surface area (Å²) in [6, 6.07) is 5.81. The molecule has 0 aromatic heterocycles. The fraction of sp³-hybridized carbons (Fsp3) is 0.533. The predicted molar refractivity (Wildman–Crippen MR) is 82.9 cm³/mol. The minimum absolute atomic E-state index is 0.256. The number of hydrogen-bond acceptors (Lipinski definition) is 4. The quantitative estimate of drug-likeness (QED) is 0.788. The number of ether oxygens (including phenoxy) is 1. The van der Waals surface area contributed by atoms with Crippen LogP contribution in [0.15, 0.2) is 22.7 Å². The third-order valence-electron chi connectivity index (χ3n) is 3.47. The predicted octanol–water partition coefficient (Wildman–Crippen LogP) is 2.37. The van der Waals surface area contributed by atoms with E-state index in [0.29, 0.717) is 12.2 Å². The van der Waals surface area contributed by atoms with E-state index in [1.165, 1.54) is 0 Å². The Morgan fingerprint density at radius 1 is 1.25 bits per heavy atom. The zero-order chi connectivity index (χ0) is 14.5. The average molecular weight is 341 g/mol. The summed E-state index contributed by atoms with van der Waals surface area (Å²) >= 11 is 3.47. The number of likely N-dealkylation sites (N-methyl/N-ethyl adjacent to an activating group) is 1.